The van der Waals surface area contributed by atoms with E-state index in [0.717, 1.165) is 35.7 Å². The van der Waals surface area contributed by atoms with Gasteiger partial charge in [0, 0.05) is 18.2 Å². The molecule has 7 heteroatoms. The van der Waals surface area contributed by atoms with Crippen molar-refractivity contribution in [2.75, 3.05) is 18.4 Å². The average Bonchev–Trinajstić information content (AvgIpc) is 3.14. The fourth-order valence-corrected chi connectivity index (χ4v) is 2.91. The molecule has 0 saturated carbocycles. The van der Waals surface area contributed by atoms with Crippen LogP contribution in [0.5, 0.6) is 0 Å². The number of aromatic nitrogens is 4. The van der Waals surface area contributed by atoms with Gasteiger partial charge < -0.3 is 10.6 Å². The van der Waals surface area contributed by atoms with E-state index in [0.29, 0.717) is 12.0 Å². The standard InChI is InChI=1S/C16H17FN6/c1-10-4-18-6-13(10)21-16-8-19-7-14(22-16)12-5-20-23-9-11(17)2-3-15(12)23/h2-3,5,7-10,13,18H,4,6H2,1H3,(H,21,22). The minimum absolute atomic E-state index is 0.323. The lowest BCUT2D eigenvalue weighted by Gasteiger charge is -2.16. The molecule has 1 fully saturated rings. The van der Waals surface area contributed by atoms with Crippen molar-refractivity contribution >= 4 is 11.3 Å². The van der Waals surface area contributed by atoms with Crippen molar-refractivity contribution in [2.24, 2.45) is 5.92 Å². The Morgan fingerprint density at radius 3 is 3.00 bits per heavy atom. The molecular formula is C16H17FN6. The predicted octanol–water partition coefficient (Wildman–Crippen LogP) is 1.95. The molecule has 0 amide bonds. The first kappa shape index (κ1) is 14.1. The van der Waals surface area contributed by atoms with Gasteiger partial charge in [-0.2, -0.15) is 5.10 Å². The first-order valence-electron chi connectivity index (χ1n) is 7.63. The number of fused-ring (bicyclic) bond motifs is 1. The molecule has 6 nitrogen and oxygen atoms in total. The highest BCUT2D eigenvalue weighted by molar-refractivity contribution is 5.77. The van der Waals surface area contributed by atoms with Crippen molar-refractivity contribution in [2.45, 2.75) is 13.0 Å². The van der Waals surface area contributed by atoms with Crippen LogP contribution in [0, 0.1) is 11.7 Å². The maximum Gasteiger partial charge on any atom is 0.145 e. The average molecular weight is 312 g/mol. The summed E-state index contributed by atoms with van der Waals surface area (Å²) in [5.74, 6) is 0.960. The normalized spacial score (nSPS) is 21.0. The van der Waals surface area contributed by atoms with Crippen molar-refractivity contribution in [1.82, 2.24) is 24.9 Å². The molecule has 4 rings (SSSR count). The van der Waals surface area contributed by atoms with E-state index >= 15 is 0 Å². The second-order valence-corrected chi connectivity index (χ2v) is 5.91. The van der Waals surface area contributed by atoms with Crippen LogP contribution in [-0.4, -0.2) is 38.7 Å². The van der Waals surface area contributed by atoms with Crippen molar-refractivity contribution in [3.63, 3.8) is 0 Å². The lowest BCUT2D eigenvalue weighted by molar-refractivity contribution is 0.593. The molecule has 0 bridgehead atoms. The van der Waals surface area contributed by atoms with Crippen molar-refractivity contribution in [3.05, 3.63) is 42.7 Å². The third-order valence-electron chi connectivity index (χ3n) is 4.24. The number of hydrogen-bond donors (Lipinski definition) is 2. The molecule has 23 heavy (non-hydrogen) atoms. The molecule has 1 aliphatic rings. The quantitative estimate of drug-likeness (QED) is 0.774. The van der Waals surface area contributed by atoms with E-state index in [-0.39, 0.29) is 5.82 Å². The second-order valence-electron chi connectivity index (χ2n) is 5.91. The minimum atomic E-state index is -0.323. The van der Waals surface area contributed by atoms with Gasteiger partial charge in [0.05, 0.1) is 36.0 Å². The van der Waals surface area contributed by atoms with E-state index in [1.165, 1.54) is 16.8 Å². The number of halogens is 1. The van der Waals surface area contributed by atoms with Gasteiger partial charge in [-0.25, -0.2) is 13.9 Å². The van der Waals surface area contributed by atoms with Gasteiger partial charge in [-0.3, -0.25) is 4.98 Å². The van der Waals surface area contributed by atoms with E-state index in [9.17, 15) is 4.39 Å². The Morgan fingerprint density at radius 2 is 2.17 bits per heavy atom. The zero-order valence-corrected chi connectivity index (χ0v) is 12.7. The maximum atomic E-state index is 13.3. The van der Waals surface area contributed by atoms with Crippen molar-refractivity contribution < 1.29 is 4.39 Å². The van der Waals surface area contributed by atoms with E-state index in [2.05, 4.69) is 32.6 Å². The summed E-state index contributed by atoms with van der Waals surface area (Å²) in [4.78, 5) is 8.91. The number of nitrogens with zero attached hydrogens (tertiary/aromatic N) is 4. The summed E-state index contributed by atoms with van der Waals surface area (Å²) in [6, 6.07) is 3.46. The van der Waals surface area contributed by atoms with Crippen LogP contribution in [0.1, 0.15) is 6.92 Å². The topological polar surface area (TPSA) is 67.1 Å². The zero-order chi connectivity index (χ0) is 15.8. The Labute approximate surface area is 132 Å². The largest absolute Gasteiger partial charge is 0.364 e. The van der Waals surface area contributed by atoms with E-state index in [1.54, 1.807) is 24.7 Å². The second kappa shape index (κ2) is 5.58. The molecule has 4 heterocycles. The fourth-order valence-electron chi connectivity index (χ4n) is 2.91. The molecule has 118 valence electrons. The van der Waals surface area contributed by atoms with Crippen LogP contribution < -0.4 is 10.6 Å². The van der Waals surface area contributed by atoms with Gasteiger partial charge in [0.2, 0.25) is 0 Å². The van der Waals surface area contributed by atoms with E-state index in [4.69, 9.17) is 0 Å². The van der Waals surface area contributed by atoms with Crippen LogP contribution in [0.2, 0.25) is 0 Å². The van der Waals surface area contributed by atoms with E-state index in [1.807, 2.05) is 0 Å². The molecule has 2 N–H and O–H groups in total. The first-order valence-corrected chi connectivity index (χ1v) is 7.63. The minimum Gasteiger partial charge on any atom is -0.364 e. The molecule has 3 aromatic heterocycles. The zero-order valence-electron chi connectivity index (χ0n) is 12.7. The number of anilines is 1. The summed E-state index contributed by atoms with van der Waals surface area (Å²) in [6.45, 7) is 4.13. The molecular weight excluding hydrogens is 295 g/mol. The van der Waals surface area contributed by atoms with Crippen LogP contribution in [0.3, 0.4) is 0 Å². The molecule has 3 aromatic rings. The van der Waals surface area contributed by atoms with Gasteiger partial charge in [0.25, 0.3) is 0 Å². The number of rotatable bonds is 3. The molecule has 0 aliphatic carbocycles. The van der Waals surface area contributed by atoms with Crippen LogP contribution >= 0.6 is 0 Å². The summed E-state index contributed by atoms with van der Waals surface area (Å²) in [5, 5.41) is 11.0. The van der Waals surface area contributed by atoms with Crippen LogP contribution in [0.25, 0.3) is 16.8 Å². The third kappa shape index (κ3) is 2.63. The van der Waals surface area contributed by atoms with Gasteiger partial charge in [0.1, 0.15) is 11.6 Å². The Bertz CT molecular complexity index is 845. The van der Waals surface area contributed by atoms with Crippen molar-refractivity contribution in [3.8, 4) is 11.3 Å². The monoisotopic (exact) mass is 312 g/mol. The predicted molar refractivity (Wildman–Crippen MR) is 85.6 cm³/mol. The van der Waals surface area contributed by atoms with Crippen molar-refractivity contribution in [1.29, 1.82) is 0 Å². The Morgan fingerprint density at radius 1 is 1.26 bits per heavy atom. The molecule has 0 aromatic carbocycles. The molecule has 1 saturated heterocycles. The SMILES string of the molecule is CC1CNCC1Nc1cncc(-c2cnn3cc(F)ccc23)n1. The Hall–Kier alpha value is -2.54. The number of hydrogen-bond acceptors (Lipinski definition) is 5. The van der Waals surface area contributed by atoms with Gasteiger partial charge >= 0.3 is 0 Å². The molecule has 0 spiro atoms. The van der Waals surface area contributed by atoms with Crippen LogP contribution in [-0.2, 0) is 0 Å². The van der Waals surface area contributed by atoms with Gasteiger partial charge in [-0.15, -0.1) is 0 Å². The lowest BCUT2D eigenvalue weighted by atomic mass is 10.1. The van der Waals surface area contributed by atoms with E-state index < -0.39 is 0 Å². The molecule has 0 radical (unpaired) electrons. The summed E-state index contributed by atoms with van der Waals surface area (Å²) < 4.78 is 14.8. The maximum absolute atomic E-state index is 13.3. The highest BCUT2D eigenvalue weighted by atomic mass is 19.1. The summed E-state index contributed by atoms with van der Waals surface area (Å²) in [7, 11) is 0. The van der Waals surface area contributed by atoms with Crippen LogP contribution in [0.15, 0.2) is 36.9 Å². The highest BCUT2D eigenvalue weighted by Gasteiger charge is 2.23. The fraction of sp³-hybridized carbons (Fsp3) is 0.312. The summed E-state index contributed by atoms with van der Waals surface area (Å²) in [6.07, 6.45) is 6.45. The van der Waals surface area contributed by atoms with Gasteiger partial charge in [0.15, 0.2) is 0 Å². The number of pyridine rings is 1. The molecule has 1 aliphatic heterocycles. The smallest absolute Gasteiger partial charge is 0.145 e. The summed E-state index contributed by atoms with van der Waals surface area (Å²) in [5.41, 5.74) is 2.35. The van der Waals surface area contributed by atoms with Gasteiger partial charge in [-0.1, -0.05) is 6.92 Å². The third-order valence-corrected chi connectivity index (χ3v) is 4.24. The first-order chi connectivity index (χ1) is 11.2. The van der Waals surface area contributed by atoms with Crippen LogP contribution in [0.4, 0.5) is 10.2 Å². The summed E-state index contributed by atoms with van der Waals surface area (Å²) >= 11 is 0. The molecule has 2 atom stereocenters. The highest BCUT2D eigenvalue weighted by Crippen LogP contribution is 2.24. The number of nitrogens with one attached hydrogen (secondary N) is 2. The Balaban J connectivity index is 1.67. The van der Waals surface area contributed by atoms with Gasteiger partial charge in [-0.05, 0) is 24.6 Å². The molecule has 2 unspecified atom stereocenters. The Kier molecular flexibility index (Phi) is 3.42. The lowest BCUT2D eigenvalue weighted by Crippen LogP contribution is -2.27.